The summed E-state index contributed by atoms with van der Waals surface area (Å²) in [4.78, 5) is 39.4. The number of likely N-dealkylation sites (N-methyl/N-ethyl adjacent to an activating group) is 1. The van der Waals surface area contributed by atoms with Crippen LogP contribution in [-0.4, -0.2) is 59.5 Å². The van der Waals surface area contributed by atoms with Crippen molar-refractivity contribution in [2.75, 3.05) is 13.6 Å². The zero-order valence-corrected chi connectivity index (χ0v) is 21.7. The SMILES string of the molecule is CCCCNC(=O)[C@H](C)C[C@H](O)[C@@H]1C[C@@H](C)CCCCCCCCC(=O)N(C)[C@@H](C)C(=O)N1. The van der Waals surface area contributed by atoms with Gasteiger partial charge in [0.05, 0.1) is 12.1 Å². The van der Waals surface area contributed by atoms with Gasteiger partial charge >= 0.3 is 0 Å². The molecular weight excluding hydrogens is 418 g/mol. The molecule has 0 saturated carbocycles. The van der Waals surface area contributed by atoms with Crippen LogP contribution in [0.2, 0.25) is 0 Å². The molecule has 3 amide bonds. The summed E-state index contributed by atoms with van der Waals surface area (Å²) in [7, 11) is 1.67. The van der Waals surface area contributed by atoms with Gasteiger partial charge in [-0.3, -0.25) is 14.4 Å². The average molecular weight is 468 g/mol. The van der Waals surface area contributed by atoms with E-state index >= 15 is 0 Å². The highest BCUT2D eigenvalue weighted by atomic mass is 16.3. The first kappa shape index (κ1) is 29.4. The molecular formula is C26H49N3O4. The predicted octanol–water partition coefficient (Wildman–Crippen LogP) is 3.78. The van der Waals surface area contributed by atoms with Gasteiger partial charge in [-0.15, -0.1) is 0 Å². The second-order valence-electron chi connectivity index (χ2n) is 10.1. The van der Waals surface area contributed by atoms with Gasteiger partial charge in [0, 0.05) is 25.9 Å². The summed E-state index contributed by atoms with van der Waals surface area (Å²) < 4.78 is 0. The Kier molecular flexibility index (Phi) is 14.3. The normalized spacial score (nSPS) is 26.4. The zero-order valence-electron chi connectivity index (χ0n) is 21.7. The number of amides is 3. The monoisotopic (exact) mass is 467 g/mol. The molecule has 3 N–H and O–H groups in total. The second kappa shape index (κ2) is 16.1. The van der Waals surface area contributed by atoms with Gasteiger partial charge in [-0.25, -0.2) is 0 Å². The minimum Gasteiger partial charge on any atom is -0.391 e. The number of aliphatic hydroxyl groups excluding tert-OH is 1. The summed E-state index contributed by atoms with van der Waals surface area (Å²) in [6.45, 7) is 8.43. The molecule has 33 heavy (non-hydrogen) atoms. The average Bonchev–Trinajstić information content (AvgIpc) is 2.78. The molecule has 0 unspecified atom stereocenters. The van der Waals surface area contributed by atoms with Crippen LogP contribution in [0, 0.1) is 11.8 Å². The fraction of sp³-hybridized carbons (Fsp3) is 0.885. The molecule has 0 aliphatic carbocycles. The van der Waals surface area contributed by atoms with Gasteiger partial charge in [-0.05, 0) is 38.5 Å². The van der Waals surface area contributed by atoms with Gasteiger partial charge in [0.1, 0.15) is 6.04 Å². The topological polar surface area (TPSA) is 98.7 Å². The molecule has 0 aromatic heterocycles. The van der Waals surface area contributed by atoms with Crippen LogP contribution in [0.15, 0.2) is 0 Å². The first-order valence-electron chi connectivity index (χ1n) is 13.2. The maximum absolute atomic E-state index is 13.0. The van der Waals surface area contributed by atoms with Gasteiger partial charge < -0.3 is 20.6 Å². The van der Waals surface area contributed by atoms with Crippen LogP contribution in [0.3, 0.4) is 0 Å². The van der Waals surface area contributed by atoms with E-state index in [1.807, 2.05) is 6.92 Å². The number of carbonyl (C=O) groups excluding carboxylic acids is 3. The van der Waals surface area contributed by atoms with E-state index in [0.717, 1.165) is 44.9 Å². The number of carbonyl (C=O) groups is 3. The van der Waals surface area contributed by atoms with Crippen LogP contribution >= 0.6 is 0 Å². The Bertz CT molecular complexity index is 598. The summed E-state index contributed by atoms with van der Waals surface area (Å²) >= 11 is 0. The highest BCUT2D eigenvalue weighted by molar-refractivity contribution is 5.87. The third kappa shape index (κ3) is 11.4. The fourth-order valence-electron chi connectivity index (χ4n) is 4.41. The maximum Gasteiger partial charge on any atom is 0.242 e. The predicted molar refractivity (Wildman–Crippen MR) is 133 cm³/mol. The van der Waals surface area contributed by atoms with Crippen LogP contribution in [0.25, 0.3) is 0 Å². The molecule has 5 atom stereocenters. The van der Waals surface area contributed by atoms with E-state index in [2.05, 4.69) is 24.5 Å². The van der Waals surface area contributed by atoms with Crippen molar-refractivity contribution in [3.8, 4) is 0 Å². The van der Waals surface area contributed by atoms with Crippen molar-refractivity contribution in [3.05, 3.63) is 0 Å². The zero-order chi connectivity index (χ0) is 24.8. The minimum absolute atomic E-state index is 0.0208. The van der Waals surface area contributed by atoms with Gasteiger partial charge in [0.25, 0.3) is 0 Å². The Labute approximate surface area is 201 Å². The smallest absolute Gasteiger partial charge is 0.242 e. The van der Waals surface area contributed by atoms with E-state index in [0.29, 0.717) is 31.7 Å². The second-order valence-corrected chi connectivity index (χ2v) is 10.1. The van der Waals surface area contributed by atoms with E-state index in [9.17, 15) is 19.5 Å². The van der Waals surface area contributed by atoms with E-state index < -0.39 is 18.2 Å². The highest BCUT2D eigenvalue weighted by Crippen LogP contribution is 2.21. The molecule has 1 aliphatic heterocycles. The van der Waals surface area contributed by atoms with Crippen molar-refractivity contribution < 1.29 is 19.5 Å². The maximum atomic E-state index is 13.0. The lowest BCUT2D eigenvalue weighted by atomic mass is 9.89. The van der Waals surface area contributed by atoms with Crippen LogP contribution < -0.4 is 10.6 Å². The molecule has 7 nitrogen and oxygen atoms in total. The lowest BCUT2D eigenvalue weighted by molar-refractivity contribution is -0.139. The quantitative estimate of drug-likeness (QED) is 0.496. The van der Waals surface area contributed by atoms with Gasteiger partial charge in [-0.1, -0.05) is 65.7 Å². The third-order valence-electron chi connectivity index (χ3n) is 7.01. The lowest BCUT2D eigenvalue weighted by Crippen LogP contribution is -2.52. The van der Waals surface area contributed by atoms with Crippen LogP contribution in [-0.2, 0) is 14.4 Å². The standard InChI is InChI=1S/C26H49N3O4/c1-6-7-16-27-25(32)20(3)18-23(30)22-17-19(2)14-12-10-8-9-11-13-15-24(31)29(5)21(4)26(33)28-22/h19-23,30H,6-18H2,1-5H3,(H,27,32)(H,28,33)/t19-,20+,21-,22-,23-/m0/s1. The molecule has 7 heteroatoms. The molecule has 1 aliphatic rings. The Balaban J connectivity index is 2.86. The summed E-state index contributed by atoms with van der Waals surface area (Å²) in [5, 5.41) is 17.0. The summed E-state index contributed by atoms with van der Waals surface area (Å²) in [5.41, 5.74) is 0. The number of rotatable bonds is 7. The van der Waals surface area contributed by atoms with Crippen molar-refractivity contribution >= 4 is 17.7 Å². The van der Waals surface area contributed by atoms with Gasteiger partial charge in [0.2, 0.25) is 17.7 Å². The highest BCUT2D eigenvalue weighted by Gasteiger charge is 2.30. The Morgan fingerprint density at radius 1 is 1.15 bits per heavy atom. The van der Waals surface area contributed by atoms with Gasteiger partial charge in [0.15, 0.2) is 0 Å². The molecule has 1 fully saturated rings. The Morgan fingerprint density at radius 3 is 2.45 bits per heavy atom. The minimum atomic E-state index is -0.824. The fourth-order valence-corrected chi connectivity index (χ4v) is 4.41. The number of unbranched alkanes of at least 4 members (excludes halogenated alkanes) is 1. The first-order valence-corrected chi connectivity index (χ1v) is 13.2. The molecule has 1 saturated heterocycles. The number of aliphatic hydroxyl groups is 1. The van der Waals surface area contributed by atoms with Crippen molar-refractivity contribution in [1.29, 1.82) is 0 Å². The molecule has 0 aromatic rings. The van der Waals surface area contributed by atoms with E-state index in [4.69, 9.17) is 0 Å². The summed E-state index contributed by atoms with van der Waals surface area (Å²) in [5.74, 6) is -0.331. The lowest BCUT2D eigenvalue weighted by Gasteiger charge is -2.31. The molecule has 1 heterocycles. The number of nitrogens with zero attached hydrogens (tertiary/aromatic N) is 1. The van der Waals surface area contributed by atoms with E-state index in [1.165, 1.54) is 17.7 Å². The van der Waals surface area contributed by atoms with Gasteiger partial charge in [-0.2, -0.15) is 0 Å². The number of hydrogen-bond donors (Lipinski definition) is 3. The Morgan fingerprint density at radius 2 is 1.79 bits per heavy atom. The molecule has 0 bridgehead atoms. The molecule has 0 spiro atoms. The molecule has 0 radical (unpaired) electrons. The number of nitrogens with one attached hydrogen (secondary N) is 2. The summed E-state index contributed by atoms with van der Waals surface area (Å²) in [6.07, 6.45) is 10.1. The summed E-state index contributed by atoms with van der Waals surface area (Å²) in [6, 6.07) is -1.05. The first-order chi connectivity index (χ1) is 15.7. The molecule has 1 rings (SSSR count). The van der Waals surface area contributed by atoms with Crippen molar-refractivity contribution in [3.63, 3.8) is 0 Å². The van der Waals surface area contributed by atoms with Crippen LogP contribution in [0.1, 0.15) is 105 Å². The van der Waals surface area contributed by atoms with E-state index in [-0.39, 0.29) is 23.6 Å². The van der Waals surface area contributed by atoms with Crippen molar-refractivity contribution in [2.24, 2.45) is 11.8 Å². The van der Waals surface area contributed by atoms with E-state index in [1.54, 1.807) is 14.0 Å². The molecule has 0 aromatic carbocycles. The molecule has 192 valence electrons. The third-order valence-corrected chi connectivity index (χ3v) is 7.01. The van der Waals surface area contributed by atoms with Crippen molar-refractivity contribution in [2.45, 2.75) is 123 Å². The van der Waals surface area contributed by atoms with Crippen LogP contribution in [0.4, 0.5) is 0 Å². The number of hydrogen-bond acceptors (Lipinski definition) is 4. The largest absolute Gasteiger partial charge is 0.391 e. The van der Waals surface area contributed by atoms with Crippen molar-refractivity contribution in [1.82, 2.24) is 15.5 Å². The Hall–Kier alpha value is -1.63. The van der Waals surface area contributed by atoms with Crippen LogP contribution in [0.5, 0.6) is 0 Å².